The number of benzene rings is 3. The molecule has 2 aliphatic rings. The van der Waals surface area contributed by atoms with E-state index >= 15 is 0 Å². The first-order valence-corrected chi connectivity index (χ1v) is 9.64. The Labute approximate surface area is 157 Å². The summed E-state index contributed by atoms with van der Waals surface area (Å²) in [5, 5.41) is 2.65. The second-order valence-electron chi connectivity index (χ2n) is 6.04. The molecular formula is C24H20OS. The molecule has 3 aromatic rings. The second-order valence-corrected chi connectivity index (χ2v) is 7.12. The van der Waals surface area contributed by atoms with E-state index in [1.165, 1.54) is 31.3 Å². The summed E-state index contributed by atoms with van der Waals surface area (Å²) in [6.07, 6.45) is 0. The van der Waals surface area contributed by atoms with Crippen molar-refractivity contribution in [3.05, 3.63) is 101 Å². The minimum Gasteiger partial charge on any atom is -0.493 e. The Morgan fingerprint density at radius 2 is 1.27 bits per heavy atom. The number of thiophene rings is 1. The topological polar surface area (TPSA) is 9.23 Å². The molecule has 26 heavy (non-hydrogen) atoms. The van der Waals surface area contributed by atoms with E-state index in [-0.39, 0.29) is 0 Å². The highest BCUT2D eigenvalue weighted by atomic mass is 32.1. The molecule has 1 heterocycles. The first-order chi connectivity index (χ1) is 12.8. The largest absolute Gasteiger partial charge is 0.493 e. The Balaban J connectivity index is 0.000000157. The molecule has 2 heteroatoms. The van der Waals surface area contributed by atoms with Gasteiger partial charge < -0.3 is 4.74 Å². The van der Waals surface area contributed by atoms with Crippen LogP contribution in [-0.4, -0.2) is 6.61 Å². The van der Waals surface area contributed by atoms with Crippen LogP contribution in [0.2, 0.25) is 0 Å². The Bertz CT molecular complexity index is 1030. The summed E-state index contributed by atoms with van der Waals surface area (Å²) >= 11 is 1.84. The molecule has 2 aliphatic carbocycles. The second kappa shape index (κ2) is 7.59. The lowest BCUT2D eigenvalue weighted by Gasteiger charge is -2.10. The van der Waals surface area contributed by atoms with E-state index in [2.05, 4.69) is 91.0 Å². The molecule has 0 saturated heterocycles. The maximum Gasteiger partial charge on any atom is 0.127 e. The molecule has 0 saturated carbocycles. The number of ether oxygens (including phenoxy) is 1. The zero-order chi connectivity index (χ0) is 17.8. The summed E-state index contributed by atoms with van der Waals surface area (Å²) in [6, 6.07) is 31.7. The number of hydrogen-bond acceptors (Lipinski definition) is 2. The quantitative estimate of drug-likeness (QED) is 0.345. The van der Waals surface area contributed by atoms with Crippen molar-refractivity contribution in [3.8, 4) is 26.6 Å². The van der Waals surface area contributed by atoms with Crippen LogP contribution in [0.25, 0.3) is 20.9 Å². The maximum atomic E-state index is 5.26. The van der Waals surface area contributed by atoms with Crippen LogP contribution in [0, 0.1) is 10.4 Å². The summed E-state index contributed by atoms with van der Waals surface area (Å²) < 4.78 is 5.26. The maximum absolute atomic E-state index is 5.26. The van der Waals surface area contributed by atoms with Crippen LogP contribution in [-0.2, 0) is 0 Å². The molecule has 0 aliphatic heterocycles. The standard InChI is InChI=1S/C16H12S.C8H8O/c1-3-7-13(8-4-1)15-11-12-16(17-15)14-9-5-2-6-10-14;1-2-9-8-5-6-3-4-7(6)8/h1-12H;3-5H,2H2,1H3. The monoisotopic (exact) mass is 356 g/mol. The predicted molar refractivity (Wildman–Crippen MR) is 110 cm³/mol. The highest BCUT2D eigenvalue weighted by Crippen LogP contribution is 2.34. The summed E-state index contributed by atoms with van der Waals surface area (Å²) in [6.45, 7) is 2.78. The Hall–Kier alpha value is -2.84. The van der Waals surface area contributed by atoms with Crippen LogP contribution < -0.4 is 4.74 Å². The zero-order valence-corrected chi connectivity index (χ0v) is 15.5. The van der Waals surface area contributed by atoms with Crippen molar-refractivity contribution < 1.29 is 4.74 Å². The lowest BCUT2D eigenvalue weighted by molar-refractivity contribution is 0.334. The van der Waals surface area contributed by atoms with E-state index in [0.29, 0.717) is 0 Å². The van der Waals surface area contributed by atoms with E-state index in [9.17, 15) is 0 Å². The molecule has 0 unspecified atom stereocenters. The van der Waals surface area contributed by atoms with Crippen molar-refractivity contribution in [2.75, 3.05) is 6.61 Å². The Morgan fingerprint density at radius 1 is 0.692 bits per heavy atom. The van der Waals surface area contributed by atoms with E-state index in [1.54, 1.807) is 0 Å². The molecule has 0 amide bonds. The van der Waals surface area contributed by atoms with E-state index in [4.69, 9.17) is 4.74 Å². The van der Waals surface area contributed by atoms with Gasteiger partial charge in [0.1, 0.15) is 5.75 Å². The van der Waals surface area contributed by atoms with Crippen molar-refractivity contribution in [1.82, 2.24) is 0 Å². The summed E-state index contributed by atoms with van der Waals surface area (Å²) in [4.78, 5) is 2.65. The van der Waals surface area contributed by atoms with Crippen molar-refractivity contribution in [3.63, 3.8) is 0 Å². The smallest absolute Gasteiger partial charge is 0.127 e. The molecule has 128 valence electrons. The third kappa shape index (κ3) is 3.42. The van der Waals surface area contributed by atoms with E-state index in [1.807, 2.05) is 18.3 Å². The lowest BCUT2D eigenvalue weighted by atomic mass is 10.1. The van der Waals surface area contributed by atoms with Crippen LogP contribution in [0.4, 0.5) is 0 Å². The zero-order valence-electron chi connectivity index (χ0n) is 14.7. The lowest BCUT2D eigenvalue weighted by Crippen LogP contribution is -1.97. The first-order valence-electron chi connectivity index (χ1n) is 8.83. The molecule has 2 aromatic carbocycles. The van der Waals surface area contributed by atoms with Crippen LogP contribution in [0.15, 0.2) is 91.0 Å². The Morgan fingerprint density at radius 3 is 1.65 bits per heavy atom. The van der Waals surface area contributed by atoms with Gasteiger partial charge in [-0.3, -0.25) is 0 Å². The van der Waals surface area contributed by atoms with Gasteiger partial charge >= 0.3 is 0 Å². The fraction of sp³-hybridized carbons (Fsp3) is 0.0833. The third-order valence-corrected chi connectivity index (χ3v) is 5.50. The molecule has 0 radical (unpaired) electrons. The molecule has 0 fully saturated rings. The molecule has 1 nitrogen and oxygen atoms in total. The van der Waals surface area contributed by atoms with Crippen molar-refractivity contribution >= 4 is 11.3 Å². The van der Waals surface area contributed by atoms with Gasteiger partial charge in [0.05, 0.1) is 6.61 Å². The van der Waals surface area contributed by atoms with Gasteiger partial charge in [0.2, 0.25) is 0 Å². The molecule has 5 rings (SSSR count). The van der Waals surface area contributed by atoms with Gasteiger partial charge in [-0.25, -0.2) is 0 Å². The average Bonchev–Trinajstić information content (AvgIpc) is 3.18. The number of hydrogen-bond donors (Lipinski definition) is 0. The van der Waals surface area contributed by atoms with E-state index < -0.39 is 0 Å². The fourth-order valence-corrected chi connectivity index (χ4v) is 3.90. The van der Waals surface area contributed by atoms with Crippen LogP contribution >= 0.6 is 11.3 Å². The molecular weight excluding hydrogens is 336 g/mol. The first kappa shape index (κ1) is 16.6. The minimum absolute atomic E-state index is 0.774. The molecule has 0 spiro atoms. The highest BCUT2D eigenvalue weighted by molar-refractivity contribution is 7.18. The van der Waals surface area contributed by atoms with Crippen LogP contribution in [0.3, 0.4) is 0 Å². The van der Waals surface area contributed by atoms with Crippen molar-refractivity contribution in [2.24, 2.45) is 0 Å². The molecule has 1 aromatic heterocycles. The average molecular weight is 356 g/mol. The normalized spacial score (nSPS) is 10.7. The van der Waals surface area contributed by atoms with Gasteiger partial charge in [-0.1, -0.05) is 72.8 Å². The predicted octanol–water partition coefficient (Wildman–Crippen LogP) is 6.77. The fourth-order valence-electron chi connectivity index (χ4n) is 2.88. The Kier molecular flexibility index (Phi) is 4.85. The van der Waals surface area contributed by atoms with Gasteiger partial charge in [-0.05, 0) is 41.5 Å². The molecule has 0 atom stereocenters. The van der Waals surface area contributed by atoms with Gasteiger partial charge in [-0.15, -0.1) is 11.3 Å². The highest BCUT2D eigenvalue weighted by Gasteiger charge is 2.05. The summed E-state index contributed by atoms with van der Waals surface area (Å²) in [5.74, 6) is 1.06. The van der Waals surface area contributed by atoms with Gasteiger partial charge in [0.15, 0.2) is 0 Å². The van der Waals surface area contributed by atoms with E-state index in [0.717, 1.165) is 12.4 Å². The van der Waals surface area contributed by atoms with Crippen LogP contribution in [0.1, 0.15) is 6.92 Å². The minimum atomic E-state index is 0.774. The van der Waals surface area contributed by atoms with Crippen molar-refractivity contribution in [1.29, 1.82) is 0 Å². The number of rotatable bonds is 4. The third-order valence-electron chi connectivity index (χ3n) is 4.32. The van der Waals surface area contributed by atoms with Gasteiger partial charge in [-0.2, -0.15) is 0 Å². The summed E-state index contributed by atoms with van der Waals surface area (Å²) in [7, 11) is 0. The summed E-state index contributed by atoms with van der Waals surface area (Å²) in [5.41, 5.74) is 2.58. The van der Waals surface area contributed by atoms with Crippen molar-refractivity contribution in [2.45, 2.75) is 6.92 Å². The van der Waals surface area contributed by atoms with Gasteiger partial charge in [0, 0.05) is 15.0 Å². The van der Waals surface area contributed by atoms with Crippen LogP contribution in [0.5, 0.6) is 5.75 Å². The SMILES string of the molecule is CCOc1cc2ccc1=2.c1ccc(-c2ccc(-c3ccccc3)s2)cc1. The molecule has 0 bridgehead atoms. The molecule has 0 N–H and O–H groups in total. The van der Waals surface area contributed by atoms with Gasteiger partial charge in [0.25, 0.3) is 0 Å².